The second-order valence-electron chi connectivity index (χ2n) is 3.06. The first-order valence-electron chi connectivity index (χ1n) is 4.43. The van der Waals surface area contributed by atoms with Gasteiger partial charge in [0.05, 0.1) is 0 Å². The highest BCUT2D eigenvalue weighted by atomic mass is 15.0. The van der Waals surface area contributed by atoms with E-state index in [0.29, 0.717) is 6.04 Å². The molecule has 4 heteroatoms. The molecule has 1 heterocycles. The number of aromatic nitrogens is 2. The summed E-state index contributed by atoms with van der Waals surface area (Å²) in [6.07, 6.45) is 1.76. The molecule has 0 aliphatic carbocycles. The highest BCUT2D eigenvalue weighted by Gasteiger charge is 1.98. The van der Waals surface area contributed by atoms with E-state index in [9.17, 15) is 0 Å². The van der Waals surface area contributed by atoms with E-state index in [4.69, 9.17) is 0 Å². The van der Waals surface area contributed by atoms with Gasteiger partial charge in [-0.1, -0.05) is 0 Å². The van der Waals surface area contributed by atoms with Crippen LogP contribution in [0.2, 0.25) is 0 Å². The van der Waals surface area contributed by atoms with Crippen LogP contribution in [0.5, 0.6) is 0 Å². The van der Waals surface area contributed by atoms with Gasteiger partial charge in [-0.05, 0) is 27.0 Å². The normalized spacial score (nSPS) is 12.5. The molecule has 0 fully saturated rings. The van der Waals surface area contributed by atoms with Crippen LogP contribution in [0.15, 0.2) is 12.3 Å². The average molecular weight is 180 g/mol. The van der Waals surface area contributed by atoms with Crippen LogP contribution in [0.4, 0.5) is 5.82 Å². The van der Waals surface area contributed by atoms with Gasteiger partial charge in [0, 0.05) is 18.8 Å². The zero-order valence-electron chi connectivity index (χ0n) is 8.33. The van der Waals surface area contributed by atoms with Crippen LogP contribution in [0.1, 0.15) is 12.7 Å². The maximum atomic E-state index is 4.23. The summed E-state index contributed by atoms with van der Waals surface area (Å²) in [6.45, 7) is 4.86. The van der Waals surface area contributed by atoms with Crippen LogP contribution >= 0.6 is 0 Å². The van der Waals surface area contributed by atoms with Crippen molar-refractivity contribution in [3.8, 4) is 0 Å². The van der Waals surface area contributed by atoms with E-state index >= 15 is 0 Å². The van der Waals surface area contributed by atoms with E-state index in [2.05, 4.69) is 27.5 Å². The lowest BCUT2D eigenvalue weighted by Crippen LogP contribution is -2.29. The minimum Gasteiger partial charge on any atom is -0.368 e. The maximum Gasteiger partial charge on any atom is 0.129 e. The third-order valence-electron chi connectivity index (χ3n) is 1.86. The predicted octanol–water partition coefficient (Wildman–Crippen LogP) is 0.805. The maximum absolute atomic E-state index is 4.23. The Morgan fingerprint density at radius 3 is 2.92 bits per heavy atom. The molecule has 0 radical (unpaired) electrons. The Morgan fingerprint density at radius 2 is 2.31 bits per heavy atom. The zero-order valence-corrected chi connectivity index (χ0v) is 8.33. The molecule has 0 saturated heterocycles. The molecular weight excluding hydrogens is 164 g/mol. The molecule has 1 aromatic heterocycles. The van der Waals surface area contributed by atoms with E-state index < -0.39 is 0 Å². The highest BCUT2D eigenvalue weighted by molar-refractivity contribution is 5.32. The van der Waals surface area contributed by atoms with Crippen molar-refractivity contribution in [2.24, 2.45) is 0 Å². The summed E-state index contributed by atoms with van der Waals surface area (Å²) < 4.78 is 0. The molecule has 0 aliphatic rings. The molecule has 1 rings (SSSR count). The largest absolute Gasteiger partial charge is 0.368 e. The monoisotopic (exact) mass is 180 g/mol. The van der Waals surface area contributed by atoms with Gasteiger partial charge in [0.1, 0.15) is 11.6 Å². The van der Waals surface area contributed by atoms with E-state index in [-0.39, 0.29) is 0 Å². The molecule has 1 unspecified atom stereocenters. The molecular formula is C9H16N4. The molecule has 0 spiro atoms. The molecule has 72 valence electrons. The van der Waals surface area contributed by atoms with Crippen LogP contribution in [0.25, 0.3) is 0 Å². The topological polar surface area (TPSA) is 49.8 Å². The quantitative estimate of drug-likeness (QED) is 0.719. The molecule has 0 aromatic carbocycles. The van der Waals surface area contributed by atoms with Gasteiger partial charge in [-0.3, -0.25) is 0 Å². The van der Waals surface area contributed by atoms with Gasteiger partial charge in [0.15, 0.2) is 0 Å². The van der Waals surface area contributed by atoms with Gasteiger partial charge in [0.25, 0.3) is 0 Å². The number of likely N-dealkylation sites (N-methyl/N-ethyl adjacent to an activating group) is 1. The fourth-order valence-electron chi connectivity index (χ4n) is 0.914. The molecule has 0 bridgehead atoms. The van der Waals surface area contributed by atoms with Crippen LogP contribution < -0.4 is 10.6 Å². The average Bonchev–Trinajstić information content (AvgIpc) is 2.14. The summed E-state index contributed by atoms with van der Waals surface area (Å²) >= 11 is 0. The van der Waals surface area contributed by atoms with Crippen LogP contribution in [-0.4, -0.2) is 29.6 Å². The van der Waals surface area contributed by atoms with Gasteiger partial charge < -0.3 is 10.6 Å². The summed E-state index contributed by atoms with van der Waals surface area (Å²) in [6, 6.07) is 2.31. The minimum atomic E-state index is 0.440. The number of hydrogen-bond acceptors (Lipinski definition) is 4. The lowest BCUT2D eigenvalue weighted by atomic mass is 10.3. The Bertz CT molecular complexity index is 262. The standard InChI is InChI=1S/C9H16N4/c1-7(10-3)6-12-9-4-5-11-8(2)13-9/h4-5,7,10H,6H2,1-3H3,(H,11,12,13). The van der Waals surface area contributed by atoms with Crippen LogP contribution in [0, 0.1) is 6.92 Å². The van der Waals surface area contributed by atoms with Crippen molar-refractivity contribution >= 4 is 5.82 Å². The van der Waals surface area contributed by atoms with E-state index in [1.807, 2.05) is 20.0 Å². The van der Waals surface area contributed by atoms with E-state index in [1.54, 1.807) is 6.20 Å². The second kappa shape index (κ2) is 4.77. The third-order valence-corrected chi connectivity index (χ3v) is 1.86. The fraction of sp³-hybridized carbons (Fsp3) is 0.556. The number of anilines is 1. The van der Waals surface area contributed by atoms with Gasteiger partial charge in [-0.25, -0.2) is 9.97 Å². The summed E-state index contributed by atoms with van der Waals surface area (Å²) in [5, 5.41) is 6.37. The number of nitrogens with zero attached hydrogens (tertiary/aromatic N) is 2. The third kappa shape index (κ3) is 3.38. The molecule has 1 atom stereocenters. The van der Waals surface area contributed by atoms with Crippen molar-refractivity contribution in [3.05, 3.63) is 18.1 Å². The summed E-state index contributed by atoms with van der Waals surface area (Å²) in [5.74, 6) is 1.68. The number of rotatable bonds is 4. The zero-order chi connectivity index (χ0) is 9.68. The van der Waals surface area contributed by atoms with E-state index in [0.717, 1.165) is 18.2 Å². The van der Waals surface area contributed by atoms with E-state index in [1.165, 1.54) is 0 Å². The van der Waals surface area contributed by atoms with Crippen molar-refractivity contribution in [1.29, 1.82) is 0 Å². The fourth-order valence-corrected chi connectivity index (χ4v) is 0.914. The van der Waals surface area contributed by atoms with Crippen LogP contribution in [-0.2, 0) is 0 Å². The lowest BCUT2D eigenvalue weighted by Gasteiger charge is -2.11. The van der Waals surface area contributed by atoms with Gasteiger partial charge in [-0.2, -0.15) is 0 Å². The summed E-state index contributed by atoms with van der Waals surface area (Å²) in [7, 11) is 1.94. The highest BCUT2D eigenvalue weighted by Crippen LogP contribution is 2.00. The Morgan fingerprint density at radius 1 is 1.54 bits per heavy atom. The summed E-state index contributed by atoms with van der Waals surface area (Å²) in [4.78, 5) is 8.25. The summed E-state index contributed by atoms with van der Waals surface area (Å²) in [5.41, 5.74) is 0. The first-order valence-corrected chi connectivity index (χ1v) is 4.43. The number of aryl methyl sites for hydroxylation is 1. The Kier molecular flexibility index (Phi) is 3.64. The Labute approximate surface area is 78.8 Å². The Balaban J connectivity index is 2.45. The minimum absolute atomic E-state index is 0.440. The molecule has 13 heavy (non-hydrogen) atoms. The van der Waals surface area contributed by atoms with Gasteiger partial charge in [-0.15, -0.1) is 0 Å². The molecule has 1 aromatic rings. The van der Waals surface area contributed by atoms with Crippen molar-refractivity contribution < 1.29 is 0 Å². The second-order valence-corrected chi connectivity index (χ2v) is 3.06. The molecule has 0 saturated carbocycles. The van der Waals surface area contributed by atoms with Crippen molar-refractivity contribution in [2.75, 3.05) is 18.9 Å². The van der Waals surface area contributed by atoms with Crippen molar-refractivity contribution in [1.82, 2.24) is 15.3 Å². The van der Waals surface area contributed by atoms with Gasteiger partial charge >= 0.3 is 0 Å². The predicted molar refractivity (Wildman–Crippen MR) is 53.8 cm³/mol. The van der Waals surface area contributed by atoms with Crippen molar-refractivity contribution in [3.63, 3.8) is 0 Å². The lowest BCUT2D eigenvalue weighted by molar-refractivity contribution is 0.637. The van der Waals surface area contributed by atoms with Crippen LogP contribution in [0.3, 0.4) is 0 Å². The first kappa shape index (κ1) is 9.92. The molecule has 0 aliphatic heterocycles. The molecule has 2 N–H and O–H groups in total. The smallest absolute Gasteiger partial charge is 0.129 e. The molecule has 0 amide bonds. The number of hydrogen-bond donors (Lipinski definition) is 2. The van der Waals surface area contributed by atoms with Crippen molar-refractivity contribution in [2.45, 2.75) is 19.9 Å². The SMILES string of the molecule is CNC(C)CNc1ccnc(C)n1. The van der Waals surface area contributed by atoms with Gasteiger partial charge in [0.2, 0.25) is 0 Å². The first-order chi connectivity index (χ1) is 6.22. The molecule has 4 nitrogen and oxygen atoms in total. The number of nitrogens with one attached hydrogen (secondary N) is 2. The Hall–Kier alpha value is -1.16.